The van der Waals surface area contributed by atoms with Crippen LogP contribution in [0, 0.1) is 17.2 Å². The summed E-state index contributed by atoms with van der Waals surface area (Å²) >= 11 is 0. The third-order valence-electron chi connectivity index (χ3n) is 5.62. The monoisotopic (exact) mass is 368 g/mol. The van der Waals surface area contributed by atoms with E-state index in [1.54, 1.807) is 11.8 Å². The number of hydrogen-bond donors (Lipinski definition) is 1. The van der Waals surface area contributed by atoms with Crippen molar-refractivity contribution < 1.29 is 18.0 Å². The van der Waals surface area contributed by atoms with E-state index in [0.717, 1.165) is 0 Å². The molecule has 0 spiro atoms. The number of sulfonamides is 1. The summed E-state index contributed by atoms with van der Waals surface area (Å²) in [4.78, 5) is 28.0. The van der Waals surface area contributed by atoms with Crippen LogP contribution in [-0.4, -0.2) is 60.1 Å². The molecule has 3 atom stereocenters. The molecule has 0 aromatic heterocycles. The van der Waals surface area contributed by atoms with Gasteiger partial charge in [0.25, 0.3) is 0 Å². The van der Waals surface area contributed by atoms with Gasteiger partial charge in [-0.05, 0) is 46.0 Å². The molecule has 3 aliphatic rings. The lowest BCUT2D eigenvalue weighted by atomic mass is 9.81. The summed E-state index contributed by atoms with van der Waals surface area (Å²) in [5.41, 5.74) is -0.951. The molecule has 1 saturated heterocycles. The number of carbonyl (C=O) groups is 2. The van der Waals surface area contributed by atoms with Crippen molar-refractivity contribution in [2.45, 2.75) is 62.8 Å². The molecule has 0 aromatic carbocycles. The minimum atomic E-state index is -3.67. The van der Waals surface area contributed by atoms with Crippen molar-refractivity contribution >= 4 is 22.0 Å². The second kappa shape index (κ2) is 6.25. The predicted octanol–water partition coefficient (Wildman–Crippen LogP) is 0.803. The van der Waals surface area contributed by atoms with Crippen LogP contribution in [0.5, 0.6) is 0 Å². The predicted molar refractivity (Wildman–Crippen MR) is 89.7 cm³/mol. The van der Waals surface area contributed by atoms with Gasteiger partial charge in [-0.2, -0.15) is 9.98 Å². The fourth-order valence-electron chi connectivity index (χ4n) is 4.01. The molecule has 9 heteroatoms. The summed E-state index contributed by atoms with van der Waals surface area (Å²) in [6, 6.07) is 1.52. The van der Waals surface area contributed by atoms with Gasteiger partial charge in [-0.15, -0.1) is 0 Å². The van der Waals surface area contributed by atoms with E-state index in [2.05, 4.69) is 4.72 Å². The van der Waals surface area contributed by atoms with E-state index in [-0.39, 0.29) is 30.9 Å². The minimum Gasteiger partial charge on any atom is -0.321 e. The van der Waals surface area contributed by atoms with Gasteiger partial charge >= 0.3 is 6.03 Å². The number of rotatable bonds is 5. The number of carbonyl (C=O) groups excluding carboxylic acids is 2. The molecule has 2 saturated carbocycles. The highest BCUT2D eigenvalue weighted by molar-refractivity contribution is 7.90. The number of nitriles is 1. The molecule has 25 heavy (non-hydrogen) atoms. The number of amides is 3. The largest absolute Gasteiger partial charge is 0.326 e. The Morgan fingerprint density at radius 1 is 1.24 bits per heavy atom. The van der Waals surface area contributed by atoms with Crippen LogP contribution in [0.3, 0.4) is 0 Å². The fourth-order valence-corrected chi connectivity index (χ4v) is 5.87. The van der Waals surface area contributed by atoms with E-state index in [0.29, 0.717) is 32.2 Å². The maximum absolute atomic E-state index is 12.7. The molecule has 1 aliphatic heterocycles. The molecular formula is C16H24N4O4S. The maximum Gasteiger partial charge on any atom is 0.326 e. The number of nitrogens with zero attached hydrogens (tertiary/aromatic N) is 3. The Bertz CT molecular complexity index is 725. The number of imide groups is 1. The number of urea groups is 1. The van der Waals surface area contributed by atoms with E-state index < -0.39 is 26.7 Å². The quantitative estimate of drug-likeness (QED) is 0.772. The van der Waals surface area contributed by atoms with Crippen molar-refractivity contribution in [3.8, 4) is 6.07 Å². The van der Waals surface area contributed by atoms with Crippen LogP contribution in [0.15, 0.2) is 0 Å². The van der Waals surface area contributed by atoms with Gasteiger partial charge in [0.1, 0.15) is 5.54 Å². The van der Waals surface area contributed by atoms with E-state index in [4.69, 9.17) is 5.26 Å². The SMILES string of the molecule is CCN1C(=O)C2CC(S(=O)(=O)NC3(C#N)CC3)CCC2N(CC)C1=O. The highest BCUT2D eigenvalue weighted by Gasteiger charge is 2.52. The summed E-state index contributed by atoms with van der Waals surface area (Å²) in [7, 11) is -3.67. The van der Waals surface area contributed by atoms with E-state index >= 15 is 0 Å². The number of hydrogen-bond acceptors (Lipinski definition) is 5. The van der Waals surface area contributed by atoms with Crippen LogP contribution in [-0.2, 0) is 14.8 Å². The fraction of sp³-hybridized carbons (Fsp3) is 0.812. The third kappa shape index (κ3) is 3.02. The van der Waals surface area contributed by atoms with Crippen molar-refractivity contribution in [3.63, 3.8) is 0 Å². The Kier molecular flexibility index (Phi) is 4.54. The molecular weight excluding hydrogens is 344 g/mol. The van der Waals surface area contributed by atoms with Crippen LogP contribution in [0.1, 0.15) is 46.0 Å². The highest BCUT2D eigenvalue weighted by Crippen LogP contribution is 2.39. The lowest BCUT2D eigenvalue weighted by Gasteiger charge is -2.47. The smallest absolute Gasteiger partial charge is 0.321 e. The van der Waals surface area contributed by atoms with Gasteiger partial charge in [-0.25, -0.2) is 13.2 Å². The zero-order valence-electron chi connectivity index (χ0n) is 14.6. The number of fused-ring (bicyclic) bond motifs is 1. The first-order valence-corrected chi connectivity index (χ1v) is 10.4. The lowest BCUT2D eigenvalue weighted by Crippen LogP contribution is -2.63. The maximum atomic E-state index is 12.7. The Hall–Kier alpha value is -1.66. The molecule has 1 N–H and O–H groups in total. The average molecular weight is 368 g/mol. The first-order valence-electron chi connectivity index (χ1n) is 8.84. The Balaban J connectivity index is 1.80. The summed E-state index contributed by atoms with van der Waals surface area (Å²) in [6.45, 7) is 4.39. The van der Waals surface area contributed by atoms with Crippen molar-refractivity contribution in [2.24, 2.45) is 5.92 Å². The van der Waals surface area contributed by atoms with Crippen LogP contribution < -0.4 is 4.72 Å². The molecule has 138 valence electrons. The molecule has 3 fully saturated rings. The van der Waals surface area contributed by atoms with Crippen LogP contribution >= 0.6 is 0 Å². The molecule has 1 heterocycles. The van der Waals surface area contributed by atoms with Gasteiger partial charge < -0.3 is 4.90 Å². The number of nitrogens with one attached hydrogen (secondary N) is 1. The molecule has 3 amide bonds. The third-order valence-corrected chi connectivity index (χ3v) is 7.60. The molecule has 0 radical (unpaired) electrons. The van der Waals surface area contributed by atoms with Crippen molar-refractivity contribution in [1.29, 1.82) is 5.26 Å². The molecule has 3 unspecified atom stereocenters. The van der Waals surface area contributed by atoms with Crippen LogP contribution in [0.2, 0.25) is 0 Å². The van der Waals surface area contributed by atoms with Crippen LogP contribution in [0.4, 0.5) is 4.79 Å². The van der Waals surface area contributed by atoms with Gasteiger partial charge in [0.05, 0.1) is 17.2 Å². The molecule has 3 rings (SSSR count). The summed E-state index contributed by atoms with van der Waals surface area (Å²) in [6.07, 6.45) is 2.13. The Morgan fingerprint density at radius 3 is 2.44 bits per heavy atom. The molecule has 2 aliphatic carbocycles. The van der Waals surface area contributed by atoms with Gasteiger partial charge in [0.15, 0.2) is 0 Å². The summed E-state index contributed by atoms with van der Waals surface area (Å²) < 4.78 is 27.9. The Morgan fingerprint density at radius 2 is 1.92 bits per heavy atom. The topological polar surface area (TPSA) is 111 Å². The van der Waals surface area contributed by atoms with Crippen molar-refractivity contribution in [1.82, 2.24) is 14.5 Å². The summed E-state index contributed by atoms with van der Waals surface area (Å²) in [5.74, 6) is -0.770. The van der Waals surface area contributed by atoms with E-state index in [1.165, 1.54) is 4.90 Å². The minimum absolute atomic E-state index is 0.195. The molecule has 0 bridgehead atoms. The van der Waals surface area contributed by atoms with E-state index in [9.17, 15) is 18.0 Å². The standard InChI is InChI=1S/C16H24N4O4S/c1-3-19-13-6-5-11(25(23,24)18-16(10-17)7-8-16)9-12(13)14(21)20(4-2)15(19)22/h11-13,18H,3-9H2,1-2H3. The van der Waals surface area contributed by atoms with Crippen LogP contribution in [0.25, 0.3) is 0 Å². The first-order chi connectivity index (χ1) is 11.8. The second-order valence-corrected chi connectivity index (χ2v) is 9.06. The average Bonchev–Trinajstić information content (AvgIpc) is 3.35. The normalized spacial score (nSPS) is 31.5. The van der Waals surface area contributed by atoms with Gasteiger partial charge in [0, 0.05) is 19.1 Å². The zero-order valence-corrected chi connectivity index (χ0v) is 15.4. The second-order valence-electron chi connectivity index (χ2n) is 7.10. The van der Waals surface area contributed by atoms with Gasteiger partial charge in [-0.1, -0.05) is 0 Å². The lowest BCUT2D eigenvalue weighted by molar-refractivity contribution is -0.140. The Labute approximate surface area is 148 Å². The van der Waals surface area contributed by atoms with Crippen molar-refractivity contribution in [3.05, 3.63) is 0 Å². The zero-order chi connectivity index (χ0) is 18.4. The first kappa shape index (κ1) is 18.1. The van der Waals surface area contributed by atoms with Crippen molar-refractivity contribution in [2.75, 3.05) is 13.1 Å². The van der Waals surface area contributed by atoms with E-state index in [1.807, 2.05) is 13.0 Å². The van der Waals surface area contributed by atoms with Gasteiger partial charge in [0.2, 0.25) is 15.9 Å². The van der Waals surface area contributed by atoms with Gasteiger partial charge in [-0.3, -0.25) is 9.69 Å². The summed E-state index contributed by atoms with van der Waals surface area (Å²) in [5, 5.41) is 8.43. The molecule has 0 aromatic rings. The molecule has 8 nitrogen and oxygen atoms in total. The highest BCUT2D eigenvalue weighted by atomic mass is 32.2.